The molecule has 0 radical (unpaired) electrons. The minimum atomic E-state index is -0.226. The summed E-state index contributed by atoms with van der Waals surface area (Å²) in [6.45, 7) is 3.35. The third-order valence-electron chi connectivity index (χ3n) is 6.63. The SMILES string of the molecule is COc1cc(=O)n(-c2ccccc2)cc1C(=O)N1CC[C@@H](N2CCc3ccccc3C2)C1. The Morgan fingerprint density at radius 3 is 2.53 bits per heavy atom. The van der Waals surface area contributed by atoms with Gasteiger partial charge in [-0.15, -0.1) is 0 Å². The van der Waals surface area contributed by atoms with Crippen LogP contribution in [-0.4, -0.2) is 53.1 Å². The molecule has 164 valence electrons. The van der Waals surface area contributed by atoms with Crippen LogP contribution in [-0.2, 0) is 13.0 Å². The summed E-state index contributed by atoms with van der Waals surface area (Å²) in [4.78, 5) is 30.5. The first-order valence-corrected chi connectivity index (χ1v) is 11.1. The standard InChI is InChI=1S/C26H27N3O3/c1-32-24-15-25(30)29(21-9-3-2-4-10-21)18-23(24)26(31)28-14-12-22(17-28)27-13-11-19-7-5-6-8-20(19)16-27/h2-10,15,18,22H,11-14,16-17H2,1H3/t22-/m1/s1. The van der Waals surface area contributed by atoms with Gasteiger partial charge in [0.1, 0.15) is 5.75 Å². The summed E-state index contributed by atoms with van der Waals surface area (Å²) < 4.78 is 6.91. The third-order valence-corrected chi connectivity index (χ3v) is 6.63. The summed E-state index contributed by atoms with van der Waals surface area (Å²) in [5, 5.41) is 0. The summed E-state index contributed by atoms with van der Waals surface area (Å²) in [7, 11) is 1.50. The van der Waals surface area contributed by atoms with Gasteiger partial charge in [-0.1, -0.05) is 42.5 Å². The Labute approximate surface area is 187 Å². The van der Waals surface area contributed by atoms with E-state index in [0.29, 0.717) is 30.4 Å². The second-order valence-electron chi connectivity index (χ2n) is 8.48. The number of ether oxygens (including phenoxy) is 1. The molecular formula is C26H27N3O3. The normalized spacial score (nSPS) is 18.4. The Kier molecular flexibility index (Phi) is 5.53. The van der Waals surface area contributed by atoms with Gasteiger partial charge in [0.25, 0.3) is 11.5 Å². The Balaban J connectivity index is 1.36. The molecule has 32 heavy (non-hydrogen) atoms. The number of benzene rings is 2. The van der Waals surface area contributed by atoms with Crippen LogP contribution in [0.5, 0.6) is 5.75 Å². The predicted molar refractivity (Wildman–Crippen MR) is 123 cm³/mol. The highest BCUT2D eigenvalue weighted by molar-refractivity contribution is 5.97. The lowest BCUT2D eigenvalue weighted by atomic mass is 9.98. The fraction of sp³-hybridized carbons (Fsp3) is 0.308. The van der Waals surface area contributed by atoms with Crippen molar-refractivity contribution in [2.24, 2.45) is 0 Å². The maximum Gasteiger partial charge on any atom is 0.259 e. The fourth-order valence-corrected chi connectivity index (χ4v) is 4.86. The second kappa shape index (κ2) is 8.63. The molecule has 2 aromatic carbocycles. The topological polar surface area (TPSA) is 54.8 Å². The molecule has 1 atom stereocenters. The quantitative estimate of drug-likeness (QED) is 0.640. The molecule has 6 heteroatoms. The number of para-hydroxylation sites is 1. The van der Waals surface area contributed by atoms with Crippen LogP contribution >= 0.6 is 0 Å². The van der Waals surface area contributed by atoms with E-state index in [2.05, 4.69) is 29.2 Å². The Hall–Kier alpha value is -3.38. The Morgan fingerprint density at radius 2 is 1.75 bits per heavy atom. The zero-order valence-corrected chi connectivity index (χ0v) is 18.2. The summed E-state index contributed by atoms with van der Waals surface area (Å²) in [6.07, 6.45) is 3.62. The minimum absolute atomic E-state index is 0.0913. The Bertz CT molecular complexity index is 1190. The first-order valence-electron chi connectivity index (χ1n) is 11.1. The summed E-state index contributed by atoms with van der Waals surface area (Å²) in [5.74, 6) is 0.231. The number of pyridine rings is 1. The van der Waals surface area contributed by atoms with Crippen LogP contribution in [0.15, 0.2) is 71.7 Å². The van der Waals surface area contributed by atoms with Crippen LogP contribution in [0.25, 0.3) is 5.69 Å². The van der Waals surface area contributed by atoms with Gasteiger partial charge in [-0.2, -0.15) is 0 Å². The third kappa shape index (κ3) is 3.82. The monoisotopic (exact) mass is 429 g/mol. The molecule has 6 nitrogen and oxygen atoms in total. The summed E-state index contributed by atoms with van der Waals surface area (Å²) in [5.41, 5.74) is 3.74. The van der Waals surface area contributed by atoms with E-state index in [4.69, 9.17) is 4.74 Å². The average molecular weight is 430 g/mol. The number of amides is 1. The van der Waals surface area contributed by atoms with Gasteiger partial charge < -0.3 is 9.64 Å². The highest BCUT2D eigenvalue weighted by atomic mass is 16.5. The zero-order valence-electron chi connectivity index (χ0n) is 18.2. The van der Waals surface area contributed by atoms with Crippen LogP contribution in [0.1, 0.15) is 27.9 Å². The van der Waals surface area contributed by atoms with Gasteiger partial charge >= 0.3 is 0 Å². The number of hydrogen-bond acceptors (Lipinski definition) is 4. The molecule has 1 amide bonds. The van der Waals surface area contributed by atoms with Crippen molar-refractivity contribution in [1.82, 2.24) is 14.4 Å². The number of likely N-dealkylation sites (tertiary alicyclic amines) is 1. The van der Waals surface area contributed by atoms with Gasteiger partial charge in [-0.25, -0.2) is 0 Å². The van der Waals surface area contributed by atoms with E-state index in [1.807, 2.05) is 35.2 Å². The van der Waals surface area contributed by atoms with E-state index in [0.717, 1.165) is 31.6 Å². The van der Waals surface area contributed by atoms with Crippen LogP contribution < -0.4 is 10.3 Å². The van der Waals surface area contributed by atoms with E-state index >= 15 is 0 Å². The van der Waals surface area contributed by atoms with Gasteiger partial charge in [0.2, 0.25) is 0 Å². The molecule has 1 saturated heterocycles. The van der Waals surface area contributed by atoms with Crippen molar-refractivity contribution in [1.29, 1.82) is 0 Å². The van der Waals surface area contributed by atoms with E-state index in [9.17, 15) is 9.59 Å². The maximum absolute atomic E-state index is 13.5. The van der Waals surface area contributed by atoms with Crippen molar-refractivity contribution in [2.75, 3.05) is 26.7 Å². The smallest absolute Gasteiger partial charge is 0.259 e. The number of carbonyl (C=O) groups is 1. The van der Waals surface area contributed by atoms with Crippen molar-refractivity contribution in [3.05, 3.63) is 93.9 Å². The lowest BCUT2D eigenvalue weighted by Gasteiger charge is -2.33. The fourth-order valence-electron chi connectivity index (χ4n) is 4.86. The number of nitrogens with zero attached hydrogens (tertiary/aromatic N) is 3. The van der Waals surface area contributed by atoms with Gasteiger partial charge in [-0.05, 0) is 36.1 Å². The van der Waals surface area contributed by atoms with Crippen molar-refractivity contribution in [3.8, 4) is 11.4 Å². The summed E-state index contributed by atoms with van der Waals surface area (Å²) in [6, 6.07) is 19.7. The Morgan fingerprint density at radius 1 is 1.00 bits per heavy atom. The largest absolute Gasteiger partial charge is 0.496 e. The first-order chi connectivity index (χ1) is 15.6. The molecular weight excluding hydrogens is 402 g/mol. The zero-order chi connectivity index (χ0) is 22.1. The molecule has 0 aliphatic carbocycles. The van der Waals surface area contributed by atoms with Gasteiger partial charge in [0.05, 0.1) is 12.7 Å². The molecule has 0 N–H and O–H groups in total. The van der Waals surface area contributed by atoms with E-state index < -0.39 is 0 Å². The molecule has 1 aromatic heterocycles. The van der Waals surface area contributed by atoms with Gasteiger partial charge in [-0.3, -0.25) is 19.1 Å². The van der Waals surface area contributed by atoms with Crippen molar-refractivity contribution >= 4 is 5.91 Å². The first kappa shape index (κ1) is 20.5. The number of hydrogen-bond donors (Lipinski definition) is 0. The van der Waals surface area contributed by atoms with Crippen LogP contribution in [0.2, 0.25) is 0 Å². The molecule has 2 aliphatic rings. The molecule has 0 unspecified atom stereocenters. The average Bonchev–Trinajstić information content (AvgIpc) is 3.34. The van der Waals surface area contributed by atoms with Crippen molar-refractivity contribution in [3.63, 3.8) is 0 Å². The van der Waals surface area contributed by atoms with E-state index in [1.54, 1.807) is 6.20 Å². The van der Waals surface area contributed by atoms with Gasteiger partial charge in [0.15, 0.2) is 0 Å². The second-order valence-corrected chi connectivity index (χ2v) is 8.48. The van der Waals surface area contributed by atoms with Crippen LogP contribution in [0, 0.1) is 0 Å². The highest BCUT2D eigenvalue weighted by Gasteiger charge is 2.33. The number of aromatic nitrogens is 1. The molecule has 0 bridgehead atoms. The molecule has 3 heterocycles. The highest BCUT2D eigenvalue weighted by Crippen LogP contribution is 2.27. The van der Waals surface area contributed by atoms with E-state index in [-0.39, 0.29) is 11.5 Å². The molecule has 0 spiro atoms. The molecule has 3 aromatic rings. The number of methoxy groups -OCH3 is 1. The van der Waals surface area contributed by atoms with E-state index in [1.165, 1.54) is 28.9 Å². The van der Waals surface area contributed by atoms with Crippen molar-refractivity contribution in [2.45, 2.75) is 25.4 Å². The number of fused-ring (bicyclic) bond motifs is 1. The maximum atomic E-state index is 13.5. The molecule has 2 aliphatic heterocycles. The molecule has 1 fully saturated rings. The number of rotatable bonds is 4. The lowest BCUT2D eigenvalue weighted by Crippen LogP contribution is -2.41. The van der Waals surface area contributed by atoms with Gasteiger partial charge in [0, 0.05) is 50.2 Å². The molecule has 0 saturated carbocycles. The van der Waals surface area contributed by atoms with Crippen LogP contribution in [0.3, 0.4) is 0 Å². The number of carbonyl (C=O) groups excluding carboxylic acids is 1. The van der Waals surface area contributed by atoms with Crippen molar-refractivity contribution < 1.29 is 9.53 Å². The minimum Gasteiger partial charge on any atom is -0.496 e. The molecule has 5 rings (SSSR count). The van der Waals surface area contributed by atoms with Crippen LogP contribution in [0.4, 0.5) is 0 Å². The summed E-state index contributed by atoms with van der Waals surface area (Å²) >= 11 is 0. The lowest BCUT2D eigenvalue weighted by molar-refractivity contribution is 0.0769. The predicted octanol–water partition coefficient (Wildman–Crippen LogP) is 3.12.